The molecule has 108 valence electrons. The second-order valence-corrected chi connectivity index (χ2v) is 6.20. The number of hydrogen-bond acceptors (Lipinski definition) is 3. The lowest BCUT2D eigenvalue weighted by Crippen LogP contribution is -2.17. The van der Waals surface area contributed by atoms with Crippen LogP contribution in [0.15, 0.2) is 6.33 Å². The van der Waals surface area contributed by atoms with E-state index < -0.39 is 0 Å². The van der Waals surface area contributed by atoms with E-state index in [0.29, 0.717) is 18.0 Å². The lowest BCUT2D eigenvalue weighted by Gasteiger charge is -2.25. The van der Waals surface area contributed by atoms with Gasteiger partial charge in [0, 0.05) is 18.0 Å². The largest absolute Gasteiger partial charge is 0.328 e. The highest BCUT2D eigenvalue weighted by molar-refractivity contribution is 4.97. The van der Waals surface area contributed by atoms with Crippen molar-refractivity contribution in [2.24, 2.45) is 5.73 Å². The fraction of sp³-hybridized carbons (Fsp3) is 0.867. The minimum absolute atomic E-state index is 0.309. The first-order valence-corrected chi connectivity index (χ1v) is 7.83. The molecule has 1 aromatic rings. The minimum Gasteiger partial charge on any atom is -0.328 e. The molecule has 1 saturated carbocycles. The minimum atomic E-state index is 0.309. The maximum atomic E-state index is 5.81. The van der Waals surface area contributed by atoms with Crippen molar-refractivity contribution >= 4 is 0 Å². The zero-order valence-electron chi connectivity index (χ0n) is 12.4. The quantitative estimate of drug-likeness (QED) is 0.856. The summed E-state index contributed by atoms with van der Waals surface area (Å²) in [4.78, 5) is 0. The van der Waals surface area contributed by atoms with Gasteiger partial charge in [0.2, 0.25) is 0 Å². The van der Waals surface area contributed by atoms with Crippen molar-refractivity contribution in [3.8, 4) is 0 Å². The van der Waals surface area contributed by atoms with Crippen molar-refractivity contribution in [2.75, 3.05) is 0 Å². The summed E-state index contributed by atoms with van der Waals surface area (Å²) in [5.41, 5.74) is 5.81. The number of aromatic nitrogens is 3. The molecule has 0 aromatic carbocycles. The predicted octanol–water partition coefficient (Wildman–Crippen LogP) is 3.40. The van der Waals surface area contributed by atoms with Crippen LogP contribution < -0.4 is 5.73 Å². The van der Waals surface area contributed by atoms with Gasteiger partial charge in [0.1, 0.15) is 12.2 Å². The zero-order chi connectivity index (χ0) is 13.7. The van der Waals surface area contributed by atoms with Gasteiger partial charge < -0.3 is 10.3 Å². The molecule has 0 saturated heterocycles. The van der Waals surface area contributed by atoms with E-state index in [0.717, 1.165) is 12.8 Å². The SMILES string of the molecule is CC(N)CCCC(C)c1nncn1C1CCCCC1. The third kappa shape index (κ3) is 4.03. The fourth-order valence-electron chi connectivity index (χ4n) is 3.12. The summed E-state index contributed by atoms with van der Waals surface area (Å²) in [6.07, 6.45) is 12.0. The predicted molar refractivity (Wildman–Crippen MR) is 78.1 cm³/mol. The van der Waals surface area contributed by atoms with Crippen LogP contribution in [0.1, 0.15) is 83.0 Å². The fourth-order valence-corrected chi connectivity index (χ4v) is 3.12. The van der Waals surface area contributed by atoms with Gasteiger partial charge in [0.05, 0.1) is 0 Å². The van der Waals surface area contributed by atoms with Crippen molar-refractivity contribution in [3.63, 3.8) is 0 Å². The maximum absolute atomic E-state index is 5.81. The molecule has 1 fully saturated rings. The lowest BCUT2D eigenvalue weighted by molar-refractivity contribution is 0.339. The molecule has 4 nitrogen and oxygen atoms in total. The van der Waals surface area contributed by atoms with Gasteiger partial charge in [-0.3, -0.25) is 0 Å². The molecule has 2 unspecified atom stereocenters. The standard InChI is InChI=1S/C15H28N4/c1-12(7-6-8-13(2)16)15-18-17-11-19(15)14-9-4-3-5-10-14/h11-14H,3-10,16H2,1-2H3. The van der Waals surface area contributed by atoms with E-state index in [4.69, 9.17) is 5.73 Å². The molecule has 19 heavy (non-hydrogen) atoms. The van der Waals surface area contributed by atoms with Crippen LogP contribution >= 0.6 is 0 Å². The Morgan fingerprint density at radius 1 is 1.26 bits per heavy atom. The molecule has 0 bridgehead atoms. The van der Waals surface area contributed by atoms with E-state index in [-0.39, 0.29) is 0 Å². The molecule has 1 aromatic heterocycles. The van der Waals surface area contributed by atoms with Gasteiger partial charge in [-0.05, 0) is 32.6 Å². The van der Waals surface area contributed by atoms with Crippen LogP contribution in [-0.2, 0) is 0 Å². The van der Waals surface area contributed by atoms with Crippen molar-refractivity contribution in [1.29, 1.82) is 0 Å². The normalized spacial score (nSPS) is 20.4. The first kappa shape index (κ1) is 14.5. The molecule has 2 atom stereocenters. The Morgan fingerprint density at radius 2 is 2.00 bits per heavy atom. The van der Waals surface area contributed by atoms with Crippen molar-refractivity contribution in [1.82, 2.24) is 14.8 Å². The summed E-state index contributed by atoms with van der Waals surface area (Å²) in [5, 5.41) is 8.52. The number of nitrogens with two attached hydrogens (primary N) is 1. The lowest BCUT2D eigenvalue weighted by atomic mass is 9.94. The van der Waals surface area contributed by atoms with Crippen LogP contribution in [-0.4, -0.2) is 20.8 Å². The van der Waals surface area contributed by atoms with E-state index in [9.17, 15) is 0 Å². The Morgan fingerprint density at radius 3 is 2.68 bits per heavy atom. The molecule has 1 aliphatic rings. The van der Waals surface area contributed by atoms with Crippen LogP contribution in [0.4, 0.5) is 0 Å². The Balaban J connectivity index is 1.93. The van der Waals surface area contributed by atoms with Crippen LogP contribution in [0.5, 0.6) is 0 Å². The molecule has 2 N–H and O–H groups in total. The molecule has 1 aliphatic carbocycles. The Labute approximate surface area is 116 Å². The van der Waals surface area contributed by atoms with E-state index in [2.05, 4.69) is 28.6 Å². The third-order valence-corrected chi connectivity index (χ3v) is 4.31. The molecular weight excluding hydrogens is 236 g/mol. The molecule has 0 aliphatic heterocycles. The van der Waals surface area contributed by atoms with E-state index in [1.165, 1.54) is 44.3 Å². The van der Waals surface area contributed by atoms with Gasteiger partial charge in [-0.25, -0.2) is 0 Å². The van der Waals surface area contributed by atoms with Crippen LogP contribution in [0, 0.1) is 0 Å². The molecule has 0 radical (unpaired) electrons. The third-order valence-electron chi connectivity index (χ3n) is 4.31. The second kappa shape index (κ2) is 7.04. The Hall–Kier alpha value is -0.900. The van der Waals surface area contributed by atoms with Crippen LogP contribution in [0.3, 0.4) is 0 Å². The van der Waals surface area contributed by atoms with Gasteiger partial charge >= 0.3 is 0 Å². The Bertz CT molecular complexity index is 366. The van der Waals surface area contributed by atoms with E-state index >= 15 is 0 Å². The number of nitrogens with zero attached hydrogens (tertiary/aromatic N) is 3. The van der Waals surface area contributed by atoms with E-state index in [1.807, 2.05) is 6.33 Å². The summed E-state index contributed by atoms with van der Waals surface area (Å²) < 4.78 is 2.34. The van der Waals surface area contributed by atoms with Gasteiger partial charge in [-0.15, -0.1) is 10.2 Å². The van der Waals surface area contributed by atoms with Gasteiger partial charge in [-0.1, -0.05) is 32.6 Å². The Kier molecular flexibility index (Phi) is 5.37. The first-order valence-electron chi connectivity index (χ1n) is 7.83. The number of rotatable bonds is 6. The monoisotopic (exact) mass is 264 g/mol. The molecule has 0 spiro atoms. The van der Waals surface area contributed by atoms with Gasteiger partial charge in [-0.2, -0.15) is 0 Å². The van der Waals surface area contributed by atoms with Crippen molar-refractivity contribution < 1.29 is 0 Å². The molecule has 4 heteroatoms. The summed E-state index contributed by atoms with van der Waals surface area (Å²) in [6, 6.07) is 0.943. The second-order valence-electron chi connectivity index (χ2n) is 6.20. The van der Waals surface area contributed by atoms with E-state index in [1.54, 1.807) is 0 Å². The van der Waals surface area contributed by atoms with Crippen molar-refractivity contribution in [2.45, 2.75) is 83.2 Å². The first-order chi connectivity index (χ1) is 9.18. The zero-order valence-corrected chi connectivity index (χ0v) is 12.4. The van der Waals surface area contributed by atoms with Crippen LogP contribution in [0.2, 0.25) is 0 Å². The summed E-state index contributed by atoms with van der Waals surface area (Å²) >= 11 is 0. The van der Waals surface area contributed by atoms with Crippen LogP contribution in [0.25, 0.3) is 0 Å². The molecular formula is C15H28N4. The molecule has 1 heterocycles. The number of hydrogen-bond donors (Lipinski definition) is 1. The summed E-state index contributed by atoms with van der Waals surface area (Å²) in [5.74, 6) is 1.67. The maximum Gasteiger partial charge on any atom is 0.135 e. The average Bonchev–Trinajstić information content (AvgIpc) is 2.88. The van der Waals surface area contributed by atoms with Gasteiger partial charge in [0.15, 0.2) is 0 Å². The topological polar surface area (TPSA) is 56.7 Å². The average molecular weight is 264 g/mol. The van der Waals surface area contributed by atoms with Gasteiger partial charge in [0.25, 0.3) is 0 Å². The highest BCUT2D eigenvalue weighted by Crippen LogP contribution is 2.31. The highest BCUT2D eigenvalue weighted by Gasteiger charge is 2.21. The van der Waals surface area contributed by atoms with Crippen molar-refractivity contribution in [3.05, 3.63) is 12.2 Å². The highest BCUT2D eigenvalue weighted by atomic mass is 15.3. The summed E-state index contributed by atoms with van der Waals surface area (Å²) in [6.45, 7) is 4.35. The molecule has 2 rings (SSSR count). The smallest absolute Gasteiger partial charge is 0.135 e. The molecule has 0 amide bonds. The summed E-state index contributed by atoms with van der Waals surface area (Å²) in [7, 11) is 0.